The van der Waals surface area contributed by atoms with Crippen molar-refractivity contribution in [2.24, 2.45) is 0 Å². The summed E-state index contributed by atoms with van der Waals surface area (Å²) >= 11 is 0. The van der Waals surface area contributed by atoms with Gasteiger partial charge in [-0.05, 0) is 37.1 Å². The van der Waals surface area contributed by atoms with Crippen molar-refractivity contribution >= 4 is 5.91 Å². The van der Waals surface area contributed by atoms with Gasteiger partial charge in [-0.3, -0.25) is 4.79 Å². The van der Waals surface area contributed by atoms with E-state index in [9.17, 15) is 4.79 Å². The van der Waals surface area contributed by atoms with Crippen LogP contribution >= 0.6 is 0 Å². The first-order chi connectivity index (χ1) is 12.7. The van der Waals surface area contributed by atoms with Crippen LogP contribution in [0.1, 0.15) is 24.0 Å². The second-order valence-corrected chi connectivity index (χ2v) is 6.42. The Balaban J connectivity index is 1.80. The molecule has 1 aliphatic carbocycles. The monoisotopic (exact) mass is 355 g/mol. The number of nitrogens with zero attached hydrogens (tertiary/aromatic N) is 1. The van der Waals surface area contributed by atoms with E-state index in [0.717, 1.165) is 41.2 Å². The highest BCUT2D eigenvalue weighted by atomic mass is 16.5. The predicted molar refractivity (Wildman–Crippen MR) is 99.8 cm³/mol. The molecule has 0 aliphatic heterocycles. The van der Waals surface area contributed by atoms with Gasteiger partial charge < -0.3 is 19.1 Å². The van der Waals surface area contributed by atoms with Gasteiger partial charge in [-0.1, -0.05) is 18.2 Å². The van der Waals surface area contributed by atoms with Crippen LogP contribution in [0.25, 0.3) is 0 Å². The number of carbonyl (C=O) groups excluding carboxylic acids is 1. The zero-order valence-corrected chi connectivity index (χ0v) is 15.5. The van der Waals surface area contributed by atoms with Crippen molar-refractivity contribution in [3.05, 3.63) is 53.6 Å². The Bertz CT molecular complexity index is 770. The fourth-order valence-electron chi connectivity index (χ4n) is 3.11. The Kier molecular flexibility index (Phi) is 5.66. The fraction of sp³-hybridized carbons (Fsp3) is 0.381. The smallest absolute Gasteiger partial charge is 0.227 e. The molecule has 0 aromatic heterocycles. The molecule has 3 rings (SSSR count). The number of para-hydroxylation sites is 1. The molecule has 0 heterocycles. The molecule has 2 aromatic carbocycles. The first-order valence-electron chi connectivity index (χ1n) is 8.78. The molecule has 2 aromatic rings. The summed E-state index contributed by atoms with van der Waals surface area (Å²) in [5.41, 5.74) is 1.86. The minimum absolute atomic E-state index is 0.0990. The third-order valence-corrected chi connectivity index (χ3v) is 4.67. The number of rotatable bonds is 8. The standard InChI is InChI=1S/C21H25NO4/c1-24-18-10-11-20(26-3)16(12-18)14-22(17-8-9-17)21(23)13-15-6-4-5-7-19(15)25-2/h4-7,10-12,17H,8-9,13-14H2,1-3H3. The van der Waals surface area contributed by atoms with Crippen molar-refractivity contribution in [3.8, 4) is 17.2 Å². The highest BCUT2D eigenvalue weighted by Gasteiger charge is 2.33. The average Bonchev–Trinajstić information content (AvgIpc) is 3.51. The van der Waals surface area contributed by atoms with Gasteiger partial charge in [0.2, 0.25) is 5.91 Å². The third-order valence-electron chi connectivity index (χ3n) is 4.67. The topological polar surface area (TPSA) is 48.0 Å². The number of ether oxygens (including phenoxy) is 3. The minimum atomic E-state index is 0.0990. The molecule has 1 amide bonds. The molecule has 1 fully saturated rings. The van der Waals surface area contributed by atoms with E-state index >= 15 is 0 Å². The molecule has 0 atom stereocenters. The number of hydrogen-bond acceptors (Lipinski definition) is 4. The van der Waals surface area contributed by atoms with Gasteiger partial charge in [0.1, 0.15) is 17.2 Å². The van der Waals surface area contributed by atoms with Crippen molar-refractivity contribution in [1.29, 1.82) is 0 Å². The van der Waals surface area contributed by atoms with Gasteiger partial charge in [0.25, 0.3) is 0 Å². The minimum Gasteiger partial charge on any atom is -0.497 e. The van der Waals surface area contributed by atoms with E-state index in [2.05, 4.69) is 0 Å². The van der Waals surface area contributed by atoms with E-state index < -0.39 is 0 Å². The van der Waals surface area contributed by atoms with Crippen LogP contribution in [0.3, 0.4) is 0 Å². The first-order valence-corrected chi connectivity index (χ1v) is 8.78. The lowest BCUT2D eigenvalue weighted by molar-refractivity contribution is -0.131. The van der Waals surface area contributed by atoms with Crippen molar-refractivity contribution < 1.29 is 19.0 Å². The van der Waals surface area contributed by atoms with Crippen LogP contribution in [0.2, 0.25) is 0 Å². The summed E-state index contributed by atoms with van der Waals surface area (Å²) < 4.78 is 16.2. The predicted octanol–water partition coefficient (Wildman–Crippen LogP) is 3.45. The number of benzene rings is 2. The van der Waals surface area contributed by atoms with E-state index in [0.29, 0.717) is 19.0 Å². The quantitative estimate of drug-likeness (QED) is 0.728. The average molecular weight is 355 g/mol. The summed E-state index contributed by atoms with van der Waals surface area (Å²) in [6, 6.07) is 13.6. The van der Waals surface area contributed by atoms with Crippen LogP contribution in [-0.4, -0.2) is 38.2 Å². The van der Waals surface area contributed by atoms with E-state index in [-0.39, 0.29) is 5.91 Å². The Labute approximate surface area is 154 Å². The van der Waals surface area contributed by atoms with Gasteiger partial charge in [-0.25, -0.2) is 0 Å². The summed E-state index contributed by atoms with van der Waals surface area (Å²) in [6.45, 7) is 0.513. The summed E-state index contributed by atoms with van der Waals surface area (Å²) in [6.07, 6.45) is 2.42. The summed E-state index contributed by atoms with van der Waals surface area (Å²) in [4.78, 5) is 15.0. The van der Waals surface area contributed by atoms with Crippen molar-refractivity contribution in [3.63, 3.8) is 0 Å². The van der Waals surface area contributed by atoms with Gasteiger partial charge in [0.15, 0.2) is 0 Å². The summed E-state index contributed by atoms with van der Waals surface area (Å²) in [7, 11) is 4.91. The first kappa shape index (κ1) is 18.1. The molecule has 0 bridgehead atoms. The molecule has 0 radical (unpaired) electrons. The summed E-state index contributed by atoms with van der Waals surface area (Å²) in [5.74, 6) is 2.37. The van der Waals surface area contributed by atoms with E-state index in [4.69, 9.17) is 14.2 Å². The molecule has 138 valence electrons. The molecule has 1 saturated carbocycles. The van der Waals surface area contributed by atoms with Crippen LogP contribution in [-0.2, 0) is 17.8 Å². The van der Waals surface area contributed by atoms with Gasteiger partial charge in [0.05, 0.1) is 27.8 Å². The highest BCUT2D eigenvalue weighted by molar-refractivity contribution is 5.80. The molecule has 1 aliphatic rings. The normalized spacial score (nSPS) is 13.2. The maximum absolute atomic E-state index is 13.0. The van der Waals surface area contributed by atoms with E-state index in [1.54, 1.807) is 21.3 Å². The molecule has 26 heavy (non-hydrogen) atoms. The number of hydrogen-bond donors (Lipinski definition) is 0. The Morgan fingerprint density at radius 3 is 2.31 bits per heavy atom. The van der Waals surface area contributed by atoms with Crippen molar-refractivity contribution in [2.45, 2.75) is 31.8 Å². The molecule has 0 saturated heterocycles. The molecule has 0 N–H and O–H groups in total. The Morgan fingerprint density at radius 2 is 1.65 bits per heavy atom. The highest BCUT2D eigenvalue weighted by Crippen LogP contribution is 2.33. The van der Waals surface area contributed by atoms with Crippen LogP contribution < -0.4 is 14.2 Å². The lowest BCUT2D eigenvalue weighted by atomic mass is 10.1. The van der Waals surface area contributed by atoms with Gasteiger partial charge >= 0.3 is 0 Å². The molecule has 5 nitrogen and oxygen atoms in total. The van der Waals surface area contributed by atoms with Crippen LogP contribution in [0, 0.1) is 0 Å². The lowest BCUT2D eigenvalue weighted by Gasteiger charge is -2.24. The number of methoxy groups -OCH3 is 3. The van der Waals surface area contributed by atoms with E-state index in [1.807, 2.05) is 47.4 Å². The maximum atomic E-state index is 13.0. The number of carbonyl (C=O) groups is 1. The Morgan fingerprint density at radius 1 is 0.962 bits per heavy atom. The van der Waals surface area contributed by atoms with Crippen LogP contribution in [0.4, 0.5) is 0 Å². The fourth-order valence-corrected chi connectivity index (χ4v) is 3.11. The maximum Gasteiger partial charge on any atom is 0.227 e. The molecular weight excluding hydrogens is 330 g/mol. The van der Waals surface area contributed by atoms with Gasteiger partial charge in [-0.15, -0.1) is 0 Å². The molecule has 0 spiro atoms. The molecular formula is C21H25NO4. The van der Waals surface area contributed by atoms with E-state index in [1.165, 1.54) is 0 Å². The Hall–Kier alpha value is -2.69. The van der Waals surface area contributed by atoms with Gasteiger partial charge in [0, 0.05) is 23.7 Å². The zero-order valence-electron chi connectivity index (χ0n) is 15.5. The largest absolute Gasteiger partial charge is 0.497 e. The zero-order chi connectivity index (χ0) is 18.5. The molecule has 5 heteroatoms. The SMILES string of the molecule is COc1ccc(OC)c(CN(C(=O)Cc2ccccc2OC)C2CC2)c1. The second-order valence-electron chi connectivity index (χ2n) is 6.42. The molecule has 0 unspecified atom stereocenters. The third kappa shape index (κ3) is 4.10. The summed E-state index contributed by atoms with van der Waals surface area (Å²) in [5, 5.41) is 0. The van der Waals surface area contributed by atoms with Crippen LogP contribution in [0.15, 0.2) is 42.5 Å². The van der Waals surface area contributed by atoms with Crippen molar-refractivity contribution in [2.75, 3.05) is 21.3 Å². The van der Waals surface area contributed by atoms with Crippen molar-refractivity contribution in [1.82, 2.24) is 4.90 Å². The second kappa shape index (κ2) is 8.13. The van der Waals surface area contributed by atoms with Crippen LogP contribution in [0.5, 0.6) is 17.2 Å². The lowest BCUT2D eigenvalue weighted by Crippen LogP contribution is -2.34. The number of amides is 1. The van der Waals surface area contributed by atoms with Gasteiger partial charge in [-0.2, -0.15) is 0 Å².